The molecule has 0 aromatic heterocycles. The molecule has 2 aromatic rings. The molecule has 28 heavy (non-hydrogen) atoms. The molecule has 0 radical (unpaired) electrons. The zero-order valence-electron chi connectivity index (χ0n) is 15.4. The molecule has 150 valence electrons. The third kappa shape index (κ3) is 5.08. The summed E-state index contributed by atoms with van der Waals surface area (Å²) in [7, 11) is -1.70. The molecule has 0 saturated heterocycles. The molecule has 2 rings (SSSR count). The van der Waals surface area contributed by atoms with Gasteiger partial charge in [0, 0.05) is 12.7 Å². The number of carbonyl (C=O) groups is 2. The summed E-state index contributed by atoms with van der Waals surface area (Å²) in [6, 6.07) is 10.8. The van der Waals surface area contributed by atoms with Crippen molar-refractivity contribution in [2.45, 2.75) is 11.8 Å². The average molecular weight is 427 g/mol. The summed E-state index contributed by atoms with van der Waals surface area (Å²) in [5.74, 6) is -1.39. The number of rotatable bonds is 7. The predicted molar refractivity (Wildman–Crippen MR) is 104 cm³/mol. The first-order valence-electron chi connectivity index (χ1n) is 8.02. The Hall–Kier alpha value is -2.46. The monoisotopic (exact) mass is 426 g/mol. The number of esters is 1. The van der Waals surface area contributed by atoms with Gasteiger partial charge in [0.05, 0.1) is 17.7 Å². The van der Waals surface area contributed by atoms with Gasteiger partial charge in [-0.25, -0.2) is 13.2 Å². The molecule has 1 N–H and O–H groups in total. The van der Waals surface area contributed by atoms with E-state index >= 15 is 0 Å². The number of nitrogens with zero attached hydrogens (tertiary/aromatic N) is 1. The normalized spacial score (nSPS) is 11.3. The van der Waals surface area contributed by atoms with Crippen LogP contribution >= 0.6 is 11.6 Å². The molecule has 2 aromatic carbocycles. The van der Waals surface area contributed by atoms with E-state index in [4.69, 9.17) is 16.3 Å². The number of para-hydroxylation sites is 1. The lowest BCUT2D eigenvalue weighted by atomic mass is 10.2. The minimum absolute atomic E-state index is 0.0730. The van der Waals surface area contributed by atoms with Crippen LogP contribution in [0.5, 0.6) is 0 Å². The van der Waals surface area contributed by atoms with Crippen molar-refractivity contribution in [1.82, 2.24) is 4.47 Å². The number of ether oxygens (including phenoxy) is 1. The topological polar surface area (TPSA) is 102 Å². The van der Waals surface area contributed by atoms with Crippen molar-refractivity contribution in [1.29, 1.82) is 0 Å². The fraction of sp³-hybridized carbons (Fsp3) is 0.222. The van der Waals surface area contributed by atoms with Gasteiger partial charge in [-0.15, -0.1) is 0 Å². The van der Waals surface area contributed by atoms with Gasteiger partial charge in [-0.2, -0.15) is 0 Å². The van der Waals surface area contributed by atoms with Crippen LogP contribution in [0.15, 0.2) is 47.4 Å². The molecule has 0 unspecified atom stereocenters. The maximum Gasteiger partial charge on any atom is 0.338 e. The van der Waals surface area contributed by atoms with Crippen LogP contribution in [0.4, 0.5) is 5.69 Å². The van der Waals surface area contributed by atoms with Gasteiger partial charge >= 0.3 is 5.97 Å². The van der Waals surface area contributed by atoms with Crippen LogP contribution in [0, 0.1) is 6.92 Å². The van der Waals surface area contributed by atoms with Crippen LogP contribution in [-0.4, -0.2) is 45.5 Å². The number of hydrogen-bond donors (Lipinski definition) is 1. The molecule has 0 heterocycles. The van der Waals surface area contributed by atoms with Crippen LogP contribution < -0.4 is 5.32 Å². The number of anilines is 1. The van der Waals surface area contributed by atoms with E-state index in [1.807, 2.05) is 19.1 Å². The molecule has 1 amide bonds. The van der Waals surface area contributed by atoms with E-state index < -0.39 is 28.5 Å². The molecule has 0 aliphatic heterocycles. The van der Waals surface area contributed by atoms with E-state index in [1.165, 1.54) is 26.3 Å². The lowest BCUT2D eigenvalue weighted by Crippen LogP contribution is -2.26. The number of aryl methyl sites for hydroxylation is 1. The molecule has 0 spiro atoms. The summed E-state index contributed by atoms with van der Waals surface area (Å²) < 4.78 is 30.3. The van der Waals surface area contributed by atoms with Gasteiger partial charge < -0.3 is 10.1 Å². The number of nitrogens with one attached hydrogen (secondary N) is 1. The SMILES string of the molecule is CON(C)S(=O)(=O)c1cc(C(=O)OCC(=O)Nc2ccccc2C)ccc1Cl. The second-order valence-electron chi connectivity index (χ2n) is 5.68. The first-order valence-corrected chi connectivity index (χ1v) is 9.84. The van der Waals surface area contributed by atoms with Crippen LogP contribution in [-0.2, 0) is 24.4 Å². The summed E-state index contributed by atoms with van der Waals surface area (Å²) in [5, 5.41) is 2.54. The predicted octanol–water partition coefficient (Wildman–Crippen LogP) is 2.63. The Kier molecular flexibility index (Phi) is 7.14. The van der Waals surface area contributed by atoms with Gasteiger partial charge in [-0.1, -0.05) is 34.3 Å². The van der Waals surface area contributed by atoms with Gasteiger partial charge in [-0.05, 0) is 36.8 Å². The maximum absolute atomic E-state index is 12.4. The van der Waals surface area contributed by atoms with Gasteiger partial charge in [0.1, 0.15) is 4.90 Å². The van der Waals surface area contributed by atoms with E-state index in [2.05, 4.69) is 10.2 Å². The Labute approximate surface area is 168 Å². The number of carbonyl (C=O) groups excluding carboxylic acids is 2. The van der Waals surface area contributed by atoms with Crippen LogP contribution in [0.2, 0.25) is 5.02 Å². The lowest BCUT2D eigenvalue weighted by molar-refractivity contribution is -0.119. The summed E-state index contributed by atoms with van der Waals surface area (Å²) in [4.78, 5) is 28.6. The van der Waals surface area contributed by atoms with Gasteiger partial charge in [0.15, 0.2) is 6.61 Å². The zero-order chi connectivity index (χ0) is 20.9. The molecule has 0 aliphatic rings. The molecule has 0 fully saturated rings. The Morgan fingerprint density at radius 3 is 2.50 bits per heavy atom. The highest BCUT2D eigenvalue weighted by molar-refractivity contribution is 7.89. The number of halogens is 1. The van der Waals surface area contributed by atoms with Crippen molar-refractivity contribution in [3.8, 4) is 0 Å². The number of hydroxylamine groups is 1. The Balaban J connectivity index is 2.10. The van der Waals surface area contributed by atoms with Gasteiger partial charge in [-0.3, -0.25) is 9.63 Å². The number of benzene rings is 2. The molecule has 0 atom stereocenters. The molecular weight excluding hydrogens is 408 g/mol. The first kappa shape index (κ1) is 21.8. The first-order chi connectivity index (χ1) is 13.2. The summed E-state index contributed by atoms with van der Waals surface area (Å²) >= 11 is 5.94. The minimum atomic E-state index is -4.06. The lowest BCUT2D eigenvalue weighted by Gasteiger charge is -2.15. The third-order valence-corrected chi connectivity index (χ3v) is 5.96. The second-order valence-corrected chi connectivity index (χ2v) is 7.99. The Morgan fingerprint density at radius 2 is 1.86 bits per heavy atom. The highest BCUT2D eigenvalue weighted by atomic mass is 35.5. The zero-order valence-corrected chi connectivity index (χ0v) is 17.0. The highest BCUT2D eigenvalue weighted by Crippen LogP contribution is 2.25. The molecule has 0 bridgehead atoms. The number of amides is 1. The van der Waals surface area contributed by atoms with Crippen molar-refractivity contribution in [2.75, 3.05) is 26.1 Å². The fourth-order valence-corrected chi connectivity index (χ4v) is 3.65. The fourth-order valence-electron chi connectivity index (χ4n) is 2.18. The molecular formula is C18H19ClN2O6S. The minimum Gasteiger partial charge on any atom is -0.452 e. The Morgan fingerprint density at radius 1 is 1.18 bits per heavy atom. The Bertz CT molecular complexity index is 993. The maximum atomic E-state index is 12.4. The number of sulfonamides is 1. The van der Waals surface area contributed by atoms with Crippen molar-refractivity contribution in [3.63, 3.8) is 0 Å². The molecule has 0 aliphatic carbocycles. The van der Waals surface area contributed by atoms with Gasteiger partial charge in [0.25, 0.3) is 15.9 Å². The van der Waals surface area contributed by atoms with Crippen molar-refractivity contribution in [3.05, 3.63) is 58.6 Å². The smallest absolute Gasteiger partial charge is 0.338 e. The quantitative estimate of drug-likeness (QED) is 0.539. The summed E-state index contributed by atoms with van der Waals surface area (Å²) in [6.07, 6.45) is 0. The van der Waals surface area contributed by atoms with Crippen molar-refractivity contribution < 1.29 is 27.6 Å². The highest BCUT2D eigenvalue weighted by Gasteiger charge is 2.25. The summed E-state index contributed by atoms with van der Waals surface area (Å²) in [6.45, 7) is 1.30. The largest absolute Gasteiger partial charge is 0.452 e. The number of hydrogen-bond acceptors (Lipinski definition) is 6. The van der Waals surface area contributed by atoms with E-state index in [0.29, 0.717) is 10.2 Å². The van der Waals surface area contributed by atoms with Crippen LogP contribution in [0.3, 0.4) is 0 Å². The van der Waals surface area contributed by atoms with Crippen molar-refractivity contribution in [2.24, 2.45) is 0 Å². The van der Waals surface area contributed by atoms with E-state index in [9.17, 15) is 18.0 Å². The van der Waals surface area contributed by atoms with E-state index in [1.54, 1.807) is 12.1 Å². The molecule has 10 heteroatoms. The third-order valence-electron chi connectivity index (χ3n) is 3.79. The standard InChI is InChI=1S/C18H19ClN2O6S/c1-12-6-4-5-7-15(12)20-17(22)11-27-18(23)13-8-9-14(19)16(10-13)28(24,25)21(2)26-3/h4-10H,11H2,1-3H3,(H,20,22). The van der Waals surface area contributed by atoms with E-state index in [0.717, 1.165) is 11.6 Å². The molecule has 8 nitrogen and oxygen atoms in total. The summed E-state index contributed by atoms with van der Waals surface area (Å²) in [5.41, 5.74) is 1.39. The van der Waals surface area contributed by atoms with Gasteiger partial charge in [0.2, 0.25) is 0 Å². The molecule has 0 saturated carbocycles. The van der Waals surface area contributed by atoms with Crippen LogP contribution in [0.1, 0.15) is 15.9 Å². The van der Waals surface area contributed by atoms with Crippen LogP contribution in [0.25, 0.3) is 0 Å². The second kappa shape index (κ2) is 9.16. The van der Waals surface area contributed by atoms with Crippen molar-refractivity contribution >= 4 is 39.2 Å². The average Bonchev–Trinajstić information content (AvgIpc) is 2.67. The van der Waals surface area contributed by atoms with E-state index in [-0.39, 0.29) is 15.5 Å².